The summed E-state index contributed by atoms with van der Waals surface area (Å²) < 4.78 is 0. The third kappa shape index (κ3) is 3.57. The summed E-state index contributed by atoms with van der Waals surface area (Å²) in [4.78, 5) is 43.0. The van der Waals surface area contributed by atoms with Gasteiger partial charge in [0, 0.05) is 50.4 Å². The minimum Gasteiger partial charge on any atom is -0.352 e. The van der Waals surface area contributed by atoms with Crippen LogP contribution < -0.4 is 9.80 Å². The molecule has 12 heteroatoms. The Balaban J connectivity index is 1.31. The standard InChI is InChI=1S/C20H16N8O4/c29-27(30)13-1-3-15-17(9-13)21-11-19(23-15)25-5-7-26(8-6-25)20-12-22-18-10-14(28(31)32)2-4-16(18)24-20/h1-4,9-12H,5-8H2. The number of aromatic nitrogens is 4. The van der Waals surface area contributed by atoms with E-state index in [1.807, 2.05) is 0 Å². The summed E-state index contributed by atoms with van der Waals surface area (Å²) in [6.07, 6.45) is 3.26. The topological polar surface area (TPSA) is 144 Å². The van der Waals surface area contributed by atoms with Crippen LogP contribution in [0, 0.1) is 20.2 Å². The van der Waals surface area contributed by atoms with Gasteiger partial charge in [0.15, 0.2) is 0 Å². The van der Waals surface area contributed by atoms with E-state index >= 15 is 0 Å². The van der Waals surface area contributed by atoms with Gasteiger partial charge < -0.3 is 9.80 Å². The van der Waals surface area contributed by atoms with Crippen molar-refractivity contribution in [3.8, 4) is 0 Å². The molecule has 0 amide bonds. The number of fused-ring (bicyclic) bond motifs is 2. The molecule has 0 radical (unpaired) electrons. The largest absolute Gasteiger partial charge is 0.352 e. The Labute approximate surface area is 180 Å². The van der Waals surface area contributed by atoms with E-state index in [1.165, 1.54) is 24.3 Å². The molecular weight excluding hydrogens is 416 g/mol. The third-order valence-corrected chi connectivity index (χ3v) is 5.38. The minimum atomic E-state index is -0.453. The van der Waals surface area contributed by atoms with Crippen LogP contribution in [0.25, 0.3) is 22.1 Å². The lowest BCUT2D eigenvalue weighted by atomic mass is 10.2. The molecule has 0 N–H and O–H groups in total. The number of nitrogens with zero attached hydrogens (tertiary/aromatic N) is 8. The van der Waals surface area contributed by atoms with Crippen molar-refractivity contribution in [1.82, 2.24) is 19.9 Å². The van der Waals surface area contributed by atoms with E-state index in [0.717, 1.165) is 0 Å². The number of anilines is 2. The molecule has 0 saturated carbocycles. The number of hydrogen-bond acceptors (Lipinski definition) is 10. The Hall–Kier alpha value is -4.48. The first-order valence-electron chi connectivity index (χ1n) is 9.80. The predicted molar refractivity (Wildman–Crippen MR) is 117 cm³/mol. The van der Waals surface area contributed by atoms with Crippen molar-refractivity contribution in [2.45, 2.75) is 0 Å². The summed E-state index contributed by atoms with van der Waals surface area (Å²) in [6, 6.07) is 8.88. The molecular formula is C20H16N8O4. The van der Waals surface area contributed by atoms with Gasteiger partial charge in [0.1, 0.15) is 11.6 Å². The summed E-state index contributed by atoms with van der Waals surface area (Å²) in [6.45, 7) is 2.75. The van der Waals surface area contributed by atoms with Crippen LogP contribution in [0.1, 0.15) is 0 Å². The molecule has 0 bridgehead atoms. The van der Waals surface area contributed by atoms with Crippen LogP contribution in [0.5, 0.6) is 0 Å². The minimum absolute atomic E-state index is 0.0146. The maximum absolute atomic E-state index is 10.9. The van der Waals surface area contributed by atoms with Crippen molar-refractivity contribution in [1.29, 1.82) is 0 Å². The molecule has 5 rings (SSSR count). The zero-order valence-electron chi connectivity index (χ0n) is 16.7. The van der Waals surface area contributed by atoms with Crippen LogP contribution in [0.4, 0.5) is 23.0 Å². The third-order valence-electron chi connectivity index (χ3n) is 5.38. The highest BCUT2D eigenvalue weighted by Gasteiger charge is 2.21. The van der Waals surface area contributed by atoms with Gasteiger partial charge in [-0.05, 0) is 12.1 Å². The van der Waals surface area contributed by atoms with Crippen molar-refractivity contribution >= 4 is 45.1 Å². The van der Waals surface area contributed by atoms with E-state index in [9.17, 15) is 20.2 Å². The van der Waals surface area contributed by atoms with Crippen LogP contribution in [-0.4, -0.2) is 56.0 Å². The molecule has 1 aliphatic rings. The second kappa shape index (κ2) is 7.65. The monoisotopic (exact) mass is 432 g/mol. The van der Waals surface area contributed by atoms with E-state index in [4.69, 9.17) is 0 Å². The molecule has 0 aliphatic carbocycles. The van der Waals surface area contributed by atoms with E-state index in [0.29, 0.717) is 59.9 Å². The van der Waals surface area contributed by atoms with Crippen molar-refractivity contribution in [2.24, 2.45) is 0 Å². The maximum atomic E-state index is 10.9. The van der Waals surface area contributed by atoms with Gasteiger partial charge in [-0.2, -0.15) is 0 Å². The van der Waals surface area contributed by atoms with Gasteiger partial charge in [-0.3, -0.25) is 30.2 Å². The average Bonchev–Trinajstić information content (AvgIpc) is 2.82. The molecule has 4 aromatic rings. The fourth-order valence-corrected chi connectivity index (χ4v) is 3.68. The fraction of sp³-hybridized carbons (Fsp3) is 0.200. The SMILES string of the molecule is O=[N+]([O-])c1ccc2nc(N3CCN(c4cnc5cc([N+](=O)[O-])ccc5n4)CC3)cnc2c1. The summed E-state index contributed by atoms with van der Waals surface area (Å²) in [5.74, 6) is 1.42. The van der Waals surface area contributed by atoms with Gasteiger partial charge in [0.25, 0.3) is 11.4 Å². The van der Waals surface area contributed by atoms with Crippen molar-refractivity contribution < 1.29 is 9.85 Å². The zero-order chi connectivity index (χ0) is 22.2. The normalized spacial score (nSPS) is 14.1. The molecule has 32 heavy (non-hydrogen) atoms. The van der Waals surface area contributed by atoms with Gasteiger partial charge >= 0.3 is 0 Å². The molecule has 1 saturated heterocycles. The first-order chi connectivity index (χ1) is 15.5. The molecule has 2 aromatic carbocycles. The summed E-state index contributed by atoms with van der Waals surface area (Å²) >= 11 is 0. The van der Waals surface area contributed by atoms with E-state index in [-0.39, 0.29) is 11.4 Å². The molecule has 0 spiro atoms. The zero-order valence-corrected chi connectivity index (χ0v) is 16.7. The van der Waals surface area contributed by atoms with Crippen LogP contribution >= 0.6 is 0 Å². The van der Waals surface area contributed by atoms with Crippen LogP contribution in [0.15, 0.2) is 48.8 Å². The van der Waals surface area contributed by atoms with E-state index < -0.39 is 9.85 Å². The average molecular weight is 432 g/mol. The van der Waals surface area contributed by atoms with Crippen molar-refractivity contribution in [3.63, 3.8) is 0 Å². The Morgan fingerprint density at radius 3 is 1.44 bits per heavy atom. The van der Waals surface area contributed by atoms with Crippen LogP contribution in [-0.2, 0) is 0 Å². The number of nitro groups is 2. The Morgan fingerprint density at radius 1 is 0.656 bits per heavy atom. The highest BCUT2D eigenvalue weighted by Crippen LogP contribution is 2.24. The van der Waals surface area contributed by atoms with E-state index in [2.05, 4.69) is 29.7 Å². The second-order valence-electron chi connectivity index (χ2n) is 7.29. The van der Waals surface area contributed by atoms with Crippen LogP contribution in [0.3, 0.4) is 0 Å². The second-order valence-corrected chi connectivity index (χ2v) is 7.29. The van der Waals surface area contributed by atoms with Gasteiger partial charge in [0.05, 0.1) is 44.3 Å². The van der Waals surface area contributed by atoms with Gasteiger partial charge in [-0.25, -0.2) is 9.97 Å². The number of nitro benzene ring substituents is 2. The number of rotatable bonds is 4. The number of piperazine rings is 1. The Bertz CT molecular complexity index is 1270. The predicted octanol–water partition coefficient (Wildman–Crippen LogP) is 2.72. The van der Waals surface area contributed by atoms with Crippen LogP contribution in [0.2, 0.25) is 0 Å². The lowest BCUT2D eigenvalue weighted by Gasteiger charge is -2.35. The van der Waals surface area contributed by atoms with Gasteiger partial charge in [-0.15, -0.1) is 0 Å². The van der Waals surface area contributed by atoms with Gasteiger partial charge in [0.2, 0.25) is 0 Å². The van der Waals surface area contributed by atoms with E-state index in [1.54, 1.807) is 24.5 Å². The molecule has 12 nitrogen and oxygen atoms in total. The quantitative estimate of drug-likeness (QED) is 0.348. The van der Waals surface area contributed by atoms with Crippen molar-refractivity contribution in [2.75, 3.05) is 36.0 Å². The lowest BCUT2D eigenvalue weighted by molar-refractivity contribution is -0.384. The molecule has 2 aromatic heterocycles. The Morgan fingerprint density at radius 2 is 1.06 bits per heavy atom. The molecule has 160 valence electrons. The first-order valence-corrected chi connectivity index (χ1v) is 9.80. The fourth-order valence-electron chi connectivity index (χ4n) is 3.68. The maximum Gasteiger partial charge on any atom is 0.271 e. The molecule has 1 aliphatic heterocycles. The summed E-state index contributed by atoms with van der Waals surface area (Å²) in [5.41, 5.74) is 2.13. The Kier molecular flexibility index (Phi) is 4.66. The molecule has 0 unspecified atom stereocenters. The molecule has 3 heterocycles. The first kappa shape index (κ1) is 19.5. The number of hydrogen-bond donors (Lipinski definition) is 0. The highest BCUT2D eigenvalue weighted by atomic mass is 16.6. The lowest BCUT2D eigenvalue weighted by Crippen LogP contribution is -2.47. The number of benzene rings is 2. The summed E-state index contributed by atoms with van der Waals surface area (Å²) in [7, 11) is 0. The van der Waals surface area contributed by atoms with Crippen molar-refractivity contribution in [3.05, 3.63) is 69.0 Å². The smallest absolute Gasteiger partial charge is 0.271 e. The molecule has 1 fully saturated rings. The highest BCUT2D eigenvalue weighted by molar-refractivity contribution is 5.79. The molecule has 0 atom stereocenters. The summed E-state index contributed by atoms with van der Waals surface area (Å²) in [5, 5.41) is 21.9. The van der Waals surface area contributed by atoms with Gasteiger partial charge in [-0.1, -0.05) is 0 Å². The number of non-ortho nitro benzene ring substituents is 2.